The highest BCUT2D eigenvalue weighted by molar-refractivity contribution is 4.80. The third-order valence-corrected chi connectivity index (χ3v) is 3.66. The van der Waals surface area contributed by atoms with Gasteiger partial charge >= 0.3 is 0 Å². The van der Waals surface area contributed by atoms with Crippen LogP contribution in [0, 0.1) is 5.92 Å². The second kappa shape index (κ2) is 5.99. The molecule has 0 aliphatic carbocycles. The van der Waals surface area contributed by atoms with Crippen molar-refractivity contribution in [3.63, 3.8) is 0 Å². The summed E-state index contributed by atoms with van der Waals surface area (Å²) < 4.78 is 0. The Morgan fingerprint density at radius 3 is 2.31 bits per heavy atom. The Morgan fingerprint density at radius 1 is 1.31 bits per heavy atom. The average Bonchev–Trinajstić information content (AvgIpc) is 2.20. The van der Waals surface area contributed by atoms with Gasteiger partial charge < -0.3 is 14.9 Å². The second-order valence-electron chi connectivity index (χ2n) is 5.83. The molecule has 1 saturated heterocycles. The van der Waals surface area contributed by atoms with Gasteiger partial charge in [-0.15, -0.1) is 0 Å². The van der Waals surface area contributed by atoms with Crippen molar-refractivity contribution in [1.29, 1.82) is 0 Å². The number of likely N-dealkylation sites (tertiary alicyclic amines) is 1. The van der Waals surface area contributed by atoms with Gasteiger partial charge in [-0.1, -0.05) is 6.92 Å². The monoisotopic (exact) mass is 228 g/mol. The number of piperidine rings is 1. The molecule has 1 heterocycles. The summed E-state index contributed by atoms with van der Waals surface area (Å²) in [6.07, 6.45) is 3.39. The normalized spacial score (nSPS) is 23.6. The van der Waals surface area contributed by atoms with E-state index < -0.39 is 5.60 Å². The molecule has 1 unspecified atom stereocenters. The van der Waals surface area contributed by atoms with Crippen LogP contribution in [0.3, 0.4) is 0 Å². The minimum absolute atomic E-state index is 0.506. The van der Waals surface area contributed by atoms with Crippen LogP contribution < -0.4 is 0 Å². The predicted octanol–water partition coefficient (Wildman–Crippen LogP) is 1.42. The summed E-state index contributed by atoms with van der Waals surface area (Å²) in [4.78, 5) is 4.69. The van der Waals surface area contributed by atoms with E-state index in [-0.39, 0.29) is 0 Å². The zero-order chi connectivity index (χ0) is 12.2. The first-order chi connectivity index (χ1) is 7.43. The maximum absolute atomic E-state index is 10.0. The van der Waals surface area contributed by atoms with Gasteiger partial charge in [0.1, 0.15) is 0 Å². The average molecular weight is 228 g/mol. The van der Waals surface area contributed by atoms with Crippen molar-refractivity contribution < 1.29 is 5.11 Å². The molecular weight excluding hydrogens is 200 g/mol. The first-order valence-corrected chi connectivity index (χ1v) is 6.52. The Balaban J connectivity index is 2.27. The van der Waals surface area contributed by atoms with Crippen LogP contribution in [-0.4, -0.2) is 60.8 Å². The first-order valence-electron chi connectivity index (χ1n) is 6.52. The zero-order valence-electron chi connectivity index (χ0n) is 11.4. The largest absolute Gasteiger partial charge is 0.389 e. The van der Waals surface area contributed by atoms with Crippen LogP contribution >= 0.6 is 0 Å². The Labute approximate surface area is 100 Å². The Hall–Kier alpha value is -0.120. The van der Waals surface area contributed by atoms with Gasteiger partial charge in [0.25, 0.3) is 0 Å². The predicted molar refractivity (Wildman–Crippen MR) is 68.6 cm³/mol. The van der Waals surface area contributed by atoms with E-state index in [0.29, 0.717) is 0 Å². The maximum atomic E-state index is 10.0. The fourth-order valence-corrected chi connectivity index (χ4v) is 2.44. The van der Waals surface area contributed by atoms with Gasteiger partial charge in [0.15, 0.2) is 0 Å². The molecule has 3 heteroatoms. The summed E-state index contributed by atoms with van der Waals surface area (Å²) in [6, 6.07) is 0. The lowest BCUT2D eigenvalue weighted by Crippen LogP contribution is -2.45. The van der Waals surface area contributed by atoms with E-state index in [1.807, 2.05) is 6.92 Å². The van der Waals surface area contributed by atoms with Crippen LogP contribution in [0.2, 0.25) is 0 Å². The SMILES string of the molecule is CCC(C)(O)CN1CCC(CN(C)C)CC1. The zero-order valence-corrected chi connectivity index (χ0v) is 11.4. The molecule has 0 amide bonds. The Kier molecular flexibility index (Phi) is 5.22. The summed E-state index contributed by atoms with van der Waals surface area (Å²) in [6.45, 7) is 8.33. The molecule has 1 rings (SSSR count). The van der Waals surface area contributed by atoms with Crippen molar-refractivity contribution >= 4 is 0 Å². The smallest absolute Gasteiger partial charge is 0.0743 e. The molecule has 0 aromatic heterocycles. The molecule has 1 aliphatic heterocycles. The number of hydrogen-bond donors (Lipinski definition) is 1. The standard InChI is InChI=1S/C13H28N2O/c1-5-13(2,16)11-15-8-6-12(7-9-15)10-14(3)4/h12,16H,5-11H2,1-4H3. The topological polar surface area (TPSA) is 26.7 Å². The van der Waals surface area contributed by atoms with Gasteiger partial charge in [-0.25, -0.2) is 0 Å². The van der Waals surface area contributed by atoms with E-state index in [4.69, 9.17) is 0 Å². The van der Waals surface area contributed by atoms with Gasteiger partial charge in [-0.3, -0.25) is 0 Å². The molecule has 0 aromatic rings. The molecular formula is C13H28N2O. The van der Waals surface area contributed by atoms with Crippen LogP contribution in [0.1, 0.15) is 33.1 Å². The molecule has 0 spiro atoms. The molecule has 0 bridgehead atoms. The lowest BCUT2D eigenvalue weighted by molar-refractivity contribution is 0.00545. The Morgan fingerprint density at radius 2 is 1.88 bits per heavy atom. The van der Waals surface area contributed by atoms with Crippen molar-refractivity contribution in [2.45, 2.75) is 38.7 Å². The van der Waals surface area contributed by atoms with Crippen molar-refractivity contribution in [2.24, 2.45) is 5.92 Å². The van der Waals surface area contributed by atoms with Gasteiger partial charge in [0.2, 0.25) is 0 Å². The fourth-order valence-electron chi connectivity index (χ4n) is 2.44. The van der Waals surface area contributed by atoms with E-state index in [9.17, 15) is 5.11 Å². The van der Waals surface area contributed by atoms with E-state index in [2.05, 4.69) is 30.8 Å². The van der Waals surface area contributed by atoms with E-state index in [1.54, 1.807) is 0 Å². The van der Waals surface area contributed by atoms with E-state index >= 15 is 0 Å². The van der Waals surface area contributed by atoms with Crippen molar-refractivity contribution in [3.05, 3.63) is 0 Å². The molecule has 16 heavy (non-hydrogen) atoms. The van der Waals surface area contributed by atoms with Crippen molar-refractivity contribution in [1.82, 2.24) is 9.80 Å². The van der Waals surface area contributed by atoms with Gasteiger partial charge in [0, 0.05) is 13.1 Å². The summed E-state index contributed by atoms with van der Waals surface area (Å²) >= 11 is 0. The summed E-state index contributed by atoms with van der Waals surface area (Å²) in [5.41, 5.74) is -0.506. The minimum atomic E-state index is -0.506. The number of hydrogen-bond acceptors (Lipinski definition) is 3. The van der Waals surface area contributed by atoms with Crippen LogP contribution in [0.4, 0.5) is 0 Å². The molecule has 96 valence electrons. The number of nitrogens with zero attached hydrogens (tertiary/aromatic N) is 2. The summed E-state index contributed by atoms with van der Waals surface area (Å²) in [5.74, 6) is 0.845. The van der Waals surface area contributed by atoms with E-state index in [0.717, 1.165) is 32.0 Å². The first kappa shape index (κ1) is 13.9. The van der Waals surface area contributed by atoms with Gasteiger partial charge in [-0.2, -0.15) is 0 Å². The van der Waals surface area contributed by atoms with Crippen LogP contribution in [0.15, 0.2) is 0 Å². The molecule has 1 aliphatic rings. The van der Waals surface area contributed by atoms with Gasteiger partial charge in [0.05, 0.1) is 5.60 Å². The highest BCUT2D eigenvalue weighted by Crippen LogP contribution is 2.20. The molecule has 1 N–H and O–H groups in total. The lowest BCUT2D eigenvalue weighted by Gasteiger charge is -2.37. The Bertz CT molecular complexity index is 196. The molecule has 1 atom stereocenters. The summed E-state index contributed by atoms with van der Waals surface area (Å²) in [5, 5.41) is 10.0. The molecule has 0 saturated carbocycles. The van der Waals surface area contributed by atoms with Crippen molar-refractivity contribution in [3.8, 4) is 0 Å². The highest BCUT2D eigenvalue weighted by Gasteiger charge is 2.25. The number of rotatable bonds is 5. The lowest BCUT2D eigenvalue weighted by atomic mass is 9.94. The molecule has 1 fully saturated rings. The number of β-amino-alcohol motifs (C(OH)–C–C–N with tert-alkyl or cyclic N) is 1. The van der Waals surface area contributed by atoms with Crippen LogP contribution in [0.25, 0.3) is 0 Å². The highest BCUT2D eigenvalue weighted by atomic mass is 16.3. The number of aliphatic hydroxyl groups is 1. The molecule has 0 aromatic carbocycles. The third kappa shape index (κ3) is 4.81. The molecule has 3 nitrogen and oxygen atoms in total. The van der Waals surface area contributed by atoms with E-state index in [1.165, 1.54) is 19.4 Å². The second-order valence-corrected chi connectivity index (χ2v) is 5.83. The minimum Gasteiger partial charge on any atom is -0.389 e. The van der Waals surface area contributed by atoms with Gasteiger partial charge in [-0.05, 0) is 59.3 Å². The van der Waals surface area contributed by atoms with Crippen LogP contribution in [0.5, 0.6) is 0 Å². The quantitative estimate of drug-likeness (QED) is 0.771. The summed E-state index contributed by atoms with van der Waals surface area (Å²) in [7, 11) is 4.29. The fraction of sp³-hybridized carbons (Fsp3) is 1.00. The third-order valence-electron chi connectivity index (χ3n) is 3.66. The molecule has 0 radical (unpaired) electrons. The van der Waals surface area contributed by atoms with Crippen LogP contribution in [-0.2, 0) is 0 Å². The maximum Gasteiger partial charge on any atom is 0.0743 e. The van der Waals surface area contributed by atoms with Crippen molar-refractivity contribution in [2.75, 3.05) is 40.3 Å².